The number of aliphatic carboxylic acids is 1. The van der Waals surface area contributed by atoms with Crippen molar-refractivity contribution in [2.24, 2.45) is 0 Å². The van der Waals surface area contributed by atoms with Crippen LogP contribution in [-0.4, -0.2) is 71.3 Å². The highest BCUT2D eigenvalue weighted by Gasteiger charge is 2.24. The molecule has 0 aliphatic carbocycles. The number of carboxylic acid groups (broad SMARTS) is 1. The number of ether oxygens (including phenoxy) is 2. The summed E-state index contributed by atoms with van der Waals surface area (Å²) in [4.78, 5) is 45.1. The SMILES string of the molecule is CNC(CSSC(C)(C)C)C(=O)NCCCCC(NC(=O)OC(C)(C)C)C(=O)O.Nc1ccc(COC=O)cc1. The second kappa shape index (κ2) is 19.4. The molecule has 0 radical (unpaired) electrons. The van der Waals surface area contributed by atoms with Crippen LogP contribution in [0, 0.1) is 0 Å². The molecule has 0 saturated heterocycles. The third-order valence-electron chi connectivity index (χ3n) is 4.71. The molecule has 1 rings (SSSR count). The number of nitrogens with one attached hydrogen (secondary N) is 3. The number of amides is 2. The number of carbonyl (C=O) groups excluding carboxylic acids is 3. The summed E-state index contributed by atoms with van der Waals surface area (Å²) >= 11 is 0. The van der Waals surface area contributed by atoms with Crippen LogP contribution >= 0.6 is 21.6 Å². The number of anilines is 1. The van der Waals surface area contributed by atoms with Crippen molar-refractivity contribution < 1.29 is 33.8 Å². The molecule has 1 aromatic rings. The zero-order chi connectivity index (χ0) is 30.8. The van der Waals surface area contributed by atoms with Crippen molar-refractivity contribution in [2.45, 2.75) is 89.8 Å². The lowest BCUT2D eigenvalue weighted by atomic mass is 10.1. The fourth-order valence-electron chi connectivity index (χ4n) is 2.83. The van der Waals surface area contributed by atoms with Crippen LogP contribution in [0.2, 0.25) is 0 Å². The highest BCUT2D eigenvalue weighted by Crippen LogP contribution is 2.35. The molecule has 0 aromatic heterocycles. The van der Waals surface area contributed by atoms with Crippen LogP contribution in [0.15, 0.2) is 24.3 Å². The van der Waals surface area contributed by atoms with Crippen molar-refractivity contribution in [2.75, 3.05) is 25.1 Å². The molecule has 1 aromatic carbocycles. The van der Waals surface area contributed by atoms with Crippen LogP contribution < -0.4 is 21.7 Å². The van der Waals surface area contributed by atoms with E-state index in [1.807, 2.05) is 12.1 Å². The van der Waals surface area contributed by atoms with Gasteiger partial charge in [0.1, 0.15) is 18.2 Å². The van der Waals surface area contributed by atoms with Gasteiger partial charge in [0.05, 0.1) is 6.04 Å². The molecule has 0 heterocycles. The number of alkyl carbamates (subject to hydrolysis) is 1. The van der Waals surface area contributed by atoms with E-state index in [1.54, 1.807) is 61.5 Å². The van der Waals surface area contributed by atoms with Gasteiger partial charge < -0.3 is 36.3 Å². The number of nitrogens with two attached hydrogens (primary N) is 1. The number of benzene rings is 1. The molecule has 0 spiro atoms. The van der Waals surface area contributed by atoms with E-state index in [0.29, 0.717) is 43.9 Å². The molecule has 0 bridgehead atoms. The van der Waals surface area contributed by atoms with E-state index in [0.717, 1.165) is 5.56 Å². The summed E-state index contributed by atoms with van der Waals surface area (Å²) in [7, 11) is 5.15. The van der Waals surface area contributed by atoms with Crippen molar-refractivity contribution in [1.29, 1.82) is 0 Å². The van der Waals surface area contributed by atoms with Crippen LogP contribution in [0.3, 0.4) is 0 Å². The molecular formula is C27H46N4O7S2. The molecule has 40 heavy (non-hydrogen) atoms. The quantitative estimate of drug-likeness (QED) is 0.0852. The first-order valence-corrected chi connectivity index (χ1v) is 15.3. The van der Waals surface area contributed by atoms with Gasteiger partial charge in [-0.2, -0.15) is 0 Å². The summed E-state index contributed by atoms with van der Waals surface area (Å²) in [5, 5.41) is 17.5. The second-order valence-corrected chi connectivity index (χ2v) is 14.0. The van der Waals surface area contributed by atoms with E-state index in [-0.39, 0.29) is 23.1 Å². The van der Waals surface area contributed by atoms with E-state index in [9.17, 15) is 24.3 Å². The molecule has 11 nitrogen and oxygen atoms in total. The Morgan fingerprint density at radius 3 is 2.17 bits per heavy atom. The number of carbonyl (C=O) groups is 4. The Labute approximate surface area is 245 Å². The highest BCUT2D eigenvalue weighted by atomic mass is 33.1. The van der Waals surface area contributed by atoms with Crippen LogP contribution in [-0.2, 0) is 30.5 Å². The first kappa shape index (κ1) is 37.4. The molecule has 2 atom stereocenters. The summed E-state index contributed by atoms with van der Waals surface area (Å²) in [6, 6.07) is 5.87. The third-order valence-corrected chi connectivity index (χ3v) is 8.06. The van der Waals surface area contributed by atoms with Gasteiger partial charge in [-0.15, -0.1) is 0 Å². The van der Waals surface area contributed by atoms with Crippen LogP contribution in [0.5, 0.6) is 0 Å². The Morgan fingerprint density at radius 1 is 1.05 bits per heavy atom. The van der Waals surface area contributed by atoms with Gasteiger partial charge in [-0.3, -0.25) is 9.59 Å². The average molecular weight is 603 g/mol. The van der Waals surface area contributed by atoms with Crippen molar-refractivity contribution in [1.82, 2.24) is 16.0 Å². The third kappa shape index (κ3) is 20.3. The normalized spacial score (nSPS) is 12.7. The Bertz CT molecular complexity index is 904. The predicted octanol–water partition coefficient (Wildman–Crippen LogP) is 3.96. The Morgan fingerprint density at radius 2 is 1.68 bits per heavy atom. The zero-order valence-electron chi connectivity index (χ0n) is 24.6. The van der Waals surface area contributed by atoms with Crippen LogP contribution in [0.25, 0.3) is 0 Å². The van der Waals surface area contributed by atoms with E-state index in [1.165, 1.54) is 0 Å². The predicted molar refractivity (Wildman–Crippen MR) is 162 cm³/mol. The topological polar surface area (TPSA) is 169 Å². The van der Waals surface area contributed by atoms with Gasteiger partial charge in [0, 0.05) is 22.7 Å². The Kier molecular flexibility index (Phi) is 18.2. The lowest BCUT2D eigenvalue weighted by Gasteiger charge is -2.22. The smallest absolute Gasteiger partial charge is 0.408 e. The number of likely N-dealkylation sites (N-methyl/N-ethyl adjacent to an activating group) is 1. The minimum absolute atomic E-state index is 0.0730. The molecule has 0 aliphatic heterocycles. The molecule has 2 unspecified atom stereocenters. The maximum absolute atomic E-state index is 12.2. The summed E-state index contributed by atoms with van der Waals surface area (Å²) in [6.45, 7) is 12.7. The first-order chi connectivity index (χ1) is 18.6. The molecular weight excluding hydrogens is 556 g/mol. The van der Waals surface area contributed by atoms with Crippen LogP contribution in [0.4, 0.5) is 10.5 Å². The molecule has 0 aliphatic rings. The minimum Gasteiger partial charge on any atom is -0.480 e. The van der Waals surface area contributed by atoms with Crippen molar-refractivity contribution in [3.63, 3.8) is 0 Å². The maximum atomic E-state index is 12.2. The standard InChI is InChI=1S/C19H37N3O5S2.C8H9NO2/c1-18(2,3)27-17(26)22-13(16(24)25)10-8-9-11-21-15(23)14(20-7)12-28-29-19(4,5)6;9-8-3-1-7(2-4-8)5-11-6-10/h13-14,20H,8-12H2,1-7H3,(H,21,23)(H,22,26)(H,24,25);1-4,6H,5,9H2. The average Bonchev–Trinajstić information content (AvgIpc) is 2.83. The fraction of sp³-hybridized carbons (Fsp3) is 0.630. The minimum atomic E-state index is -1.11. The molecule has 13 heteroatoms. The van der Waals surface area contributed by atoms with Gasteiger partial charge >= 0.3 is 12.1 Å². The summed E-state index contributed by atoms with van der Waals surface area (Å²) in [6.07, 6.45) is 0.677. The molecule has 0 saturated carbocycles. The van der Waals surface area contributed by atoms with Gasteiger partial charge in [-0.1, -0.05) is 54.5 Å². The van der Waals surface area contributed by atoms with Gasteiger partial charge in [0.2, 0.25) is 5.91 Å². The maximum Gasteiger partial charge on any atom is 0.408 e. The monoisotopic (exact) mass is 602 g/mol. The second-order valence-electron chi connectivity index (χ2n) is 10.8. The van der Waals surface area contributed by atoms with E-state index in [2.05, 4.69) is 41.5 Å². The van der Waals surface area contributed by atoms with E-state index >= 15 is 0 Å². The van der Waals surface area contributed by atoms with Crippen LogP contribution in [0.1, 0.15) is 66.4 Å². The highest BCUT2D eigenvalue weighted by molar-refractivity contribution is 8.77. The summed E-state index contributed by atoms with van der Waals surface area (Å²) in [5.74, 6) is -0.523. The summed E-state index contributed by atoms with van der Waals surface area (Å²) in [5.41, 5.74) is 6.40. The first-order valence-electron chi connectivity index (χ1n) is 13.0. The number of carboxylic acids is 1. The van der Waals surface area contributed by atoms with Crippen molar-refractivity contribution in [3.8, 4) is 0 Å². The van der Waals surface area contributed by atoms with Gasteiger partial charge in [0.15, 0.2) is 0 Å². The Hall–Kier alpha value is -2.64. The lowest BCUT2D eigenvalue weighted by Crippen LogP contribution is -2.45. The van der Waals surface area contributed by atoms with E-state index < -0.39 is 23.7 Å². The largest absolute Gasteiger partial charge is 0.480 e. The number of hydrogen-bond donors (Lipinski definition) is 5. The summed E-state index contributed by atoms with van der Waals surface area (Å²) < 4.78 is 9.76. The molecule has 6 N–H and O–H groups in total. The van der Waals surface area contributed by atoms with Gasteiger partial charge in [0.25, 0.3) is 6.47 Å². The molecule has 0 fully saturated rings. The fourth-order valence-corrected chi connectivity index (χ4v) is 5.38. The lowest BCUT2D eigenvalue weighted by molar-refractivity contribution is -0.139. The number of nitrogen functional groups attached to an aromatic ring is 1. The van der Waals surface area contributed by atoms with Crippen molar-refractivity contribution in [3.05, 3.63) is 29.8 Å². The molecule has 2 amide bonds. The number of unbranched alkanes of at least 4 members (excludes halogenated alkanes) is 1. The molecule has 228 valence electrons. The zero-order valence-corrected chi connectivity index (χ0v) is 26.2. The number of hydrogen-bond acceptors (Lipinski definition) is 10. The number of rotatable bonds is 15. The van der Waals surface area contributed by atoms with Gasteiger partial charge in [-0.25, -0.2) is 9.59 Å². The van der Waals surface area contributed by atoms with Gasteiger partial charge in [-0.05, 0) is 64.8 Å². The van der Waals surface area contributed by atoms with E-state index in [4.69, 9.17) is 10.5 Å². The Balaban J connectivity index is 0.00000114. The van der Waals surface area contributed by atoms with Crippen molar-refractivity contribution >= 4 is 51.7 Å².